The molecule has 0 aliphatic rings. The molecule has 122 valence electrons. The summed E-state index contributed by atoms with van der Waals surface area (Å²) < 4.78 is 11.2. The first-order valence-corrected chi connectivity index (χ1v) is 7.25. The molecule has 0 spiro atoms. The Kier molecular flexibility index (Phi) is 8.59. The highest BCUT2D eigenvalue weighted by molar-refractivity contribution is 5.85. The van der Waals surface area contributed by atoms with Crippen LogP contribution in [0.1, 0.15) is 11.1 Å². The second-order valence-corrected chi connectivity index (χ2v) is 4.83. The molecule has 4 nitrogen and oxygen atoms in total. The Morgan fingerprint density at radius 3 is 2.52 bits per heavy atom. The van der Waals surface area contributed by atoms with E-state index >= 15 is 0 Å². The van der Waals surface area contributed by atoms with Crippen molar-refractivity contribution >= 4 is 12.4 Å². The molecule has 0 aromatic heterocycles. The molecule has 2 rings (SSSR count). The first-order chi connectivity index (χ1) is 10.8. The van der Waals surface area contributed by atoms with Gasteiger partial charge in [0, 0.05) is 13.0 Å². The first-order valence-electron chi connectivity index (χ1n) is 7.25. The van der Waals surface area contributed by atoms with Gasteiger partial charge in [0.2, 0.25) is 0 Å². The van der Waals surface area contributed by atoms with E-state index in [0.717, 1.165) is 17.7 Å². The molecule has 0 atom stereocenters. The van der Waals surface area contributed by atoms with Crippen LogP contribution in [0.15, 0.2) is 48.5 Å². The number of hydrogen-bond donors (Lipinski definition) is 1. The Morgan fingerprint density at radius 1 is 1.04 bits per heavy atom. The van der Waals surface area contributed by atoms with Gasteiger partial charge in [0.1, 0.15) is 0 Å². The molecule has 0 bridgehead atoms. The van der Waals surface area contributed by atoms with E-state index in [1.54, 1.807) is 7.11 Å². The molecule has 23 heavy (non-hydrogen) atoms. The van der Waals surface area contributed by atoms with Gasteiger partial charge in [-0.3, -0.25) is 0 Å². The minimum absolute atomic E-state index is 0. The van der Waals surface area contributed by atoms with Crippen LogP contribution in [0.5, 0.6) is 11.5 Å². The molecular formula is C18H21ClN2O2. The summed E-state index contributed by atoms with van der Waals surface area (Å²) >= 11 is 0. The fraction of sp³-hybridized carbons (Fsp3) is 0.278. The van der Waals surface area contributed by atoms with Gasteiger partial charge in [-0.05, 0) is 23.3 Å². The smallest absolute Gasteiger partial charge is 0.161 e. The van der Waals surface area contributed by atoms with Gasteiger partial charge in [-0.25, -0.2) is 0 Å². The Balaban J connectivity index is 0.00000264. The highest BCUT2D eigenvalue weighted by Gasteiger charge is 2.06. The van der Waals surface area contributed by atoms with Crippen LogP contribution >= 0.6 is 12.4 Å². The van der Waals surface area contributed by atoms with Crippen molar-refractivity contribution in [2.45, 2.75) is 13.0 Å². The predicted molar refractivity (Wildman–Crippen MR) is 93.2 cm³/mol. The lowest BCUT2D eigenvalue weighted by Crippen LogP contribution is -2.13. The molecule has 0 radical (unpaired) electrons. The van der Waals surface area contributed by atoms with Crippen molar-refractivity contribution in [3.63, 3.8) is 0 Å². The van der Waals surface area contributed by atoms with Gasteiger partial charge in [0.05, 0.1) is 26.3 Å². The molecular weight excluding hydrogens is 312 g/mol. The molecule has 2 aromatic rings. The third-order valence-corrected chi connectivity index (χ3v) is 3.25. The lowest BCUT2D eigenvalue weighted by atomic mass is 10.1. The van der Waals surface area contributed by atoms with Gasteiger partial charge in [0.15, 0.2) is 11.5 Å². The Bertz CT molecular complexity index is 627. The standard InChI is InChI=1S/C18H20N2O2.ClH/c1-21-18-13-16(14-20-11-10-19)7-8-17(18)22-12-9-15-5-3-2-4-6-15;/h2-8,13,20H,9,11-12,14H2,1H3;1H. The average molecular weight is 333 g/mol. The molecule has 1 N–H and O–H groups in total. The summed E-state index contributed by atoms with van der Waals surface area (Å²) in [7, 11) is 1.63. The average Bonchev–Trinajstić information content (AvgIpc) is 2.57. The van der Waals surface area contributed by atoms with E-state index in [-0.39, 0.29) is 12.4 Å². The number of nitriles is 1. The zero-order valence-corrected chi connectivity index (χ0v) is 13.9. The van der Waals surface area contributed by atoms with Gasteiger partial charge < -0.3 is 14.8 Å². The molecule has 2 aromatic carbocycles. The summed E-state index contributed by atoms with van der Waals surface area (Å²) in [6.45, 7) is 1.57. The molecule has 0 saturated carbocycles. The van der Waals surface area contributed by atoms with E-state index in [2.05, 4.69) is 23.5 Å². The number of nitrogens with one attached hydrogen (secondary N) is 1. The summed E-state index contributed by atoms with van der Waals surface area (Å²) in [5.74, 6) is 1.45. The maximum absolute atomic E-state index is 8.52. The van der Waals surface area contributed by atoms with Crippen molar-refractivity contribution in [2.75, 3.05) is 20.3 Å². The van der Waals surface area contributed by atoms with Gasteiger partial charge in [0.25, 0.3) is 0 Å². The van der Waals surface area contributed by atoms with E-state index in [4.69, 9.17) is 14.7 Å². The number of hydrogen-bond acceptors (Lipinski definition) is 4. The lowest BCUT2D eigenvalue weighted by Gasteiger charge is -2.12. The van der Waals surface area contributed by atoms with Crippen molar-refractivity contribution in [3.05, 3.63) is 59.7 Å². The number of methoxy groups -OCH3 is 1. The van der Waals surface area contributed by atoms with Crippen LogP contribution in [0.25, 0.3) is 0 Å². The second kappa shape index (κ2) is 10.5. The highest BCUT2D eigenvalue weighted by Crippen LogP contribution is 2.28. The maximum atomic E-state index is 8.52. The molecule has 0 amide bonds. The molecule has 0 saturated heterocycles. The number of halogens is 1. The van der Waals surface area contributed by atoms with Crippen molar-refractivity contribution in [1.29, 1.82) is 5.26 Å². The number of benzene rings is 2. The molecule has 0 heterocycles. The fourth-order valence-electron chi connectivity index (χ4n) is 2.13. The number of nitrogens with zero attached hydrogens (tertiary/aromatic N) is 1. The van der Waals surface area contributed by atoms with E-state index < -0.39 is 0 Å². The maximum Gasteiger partial charge on any atom is 0.161 e. The Hall–Kier alpha value is -2.22. The van der Waals surface area contributed by atoms with E-state index in [1.165, 1.54) is 5.56 Å². The summed E-state index contributed by atoms with van der Waals surface area (Å²) in [5.41, 5.74) is 2.31. The van der Waals surface area contributed by atoms with Gasteiger partial charge in [-0.1, -0.05) is 36.4 Å². The molecule has 0 fully saturated rings. The fourth-order valence-corrected chi connectivity index (χ4v) is 2.13. The SMILES string of the molecule is COc1cc(CNCC#N)ccc1OCCc1ccccc1.Cl. The van der Waals surface area contributed by atoms with Gasteiger partial charge in [-0.2, -0.15) is 5.26 Å². The third-order valence-electron chi connectivity index (χ3n) is 3.25. The number of rotatable bonds is 8. The summed E-state index contributed by atoms with van der Waals surface area (Å²) in [5, 5.41) is 11.6. The zero-order valence-electron chi connectivity index (χ0n) is 13.1. The van der Waals surface area contributed by atoms with Crippen LogP contribution in [0.4, 0.5) is 0 Å². The van der Waals surface area contributed by atoms with Crippen molar-refractivity contribution < 1.29 is 9.47 Å². The van der Waals surface area contributed by atoms with Crippen LogP contribution in [-0.4, -0.2) is 20.3 Å². The van der Waals surface area contributed by atoms with Gasteiger partial charge in [-0.15, -0.1) is 12.4 Å². The molecule has 0 unspecified atom stereocenters. The van der Waals surface area contributed by atoms with E-state index in [1.807, 2.05) is 36.4 Å². The Morgan fingerprint density at radius 2 is 1.83 bits per heavy atom. The lowest BCUT2D eigenvalue weighted by molar-refractivity contribution is 0.297. The summed E-state index contributed by atoms with van der Waals surface area (Å²) in [4.78, 5) is 0. The Labute approximate surface area is 143 Å². The van der Waals surface area contributed by atoms with E-state index in [9.17, 15) is 0 Å². The van der Waals surface area contributed by atoms with Crippen molar-refractivity contribution in [3.8, 4) is 17.6 Å². The minimum atomic E-state index is 0. The predicted octanol–water partition coefficient (Wildman–Crippen LogP) is 3.35. The summed E-state index contributed by atoms with van der Waals surface area (Å²) in [6.07, 6.45) is 0.857. The molecule has 0 aliphatic heterocycles. The quantitative estimate of drug-likeness (QED) is 0.595. The van der Waals surface area contributed by atoms with Gasteiger partial charge >= 0.3 is 0 Å². The minimum Gasteiger partial charge on any atom is -0.493 e. The largest absolute Gasteiger partial charge is 0.493 e. The van der Waals surface area contributed by atoms with Crippen LogP contribution in [0.3, 0.4) is 0 Å². The summed E-state index contributed by atoms with van der Waals surface area (Å²) in [6, 6.07) is 18.1. The van der Waals surface area contributed by atoms with Crippen LogP contribution in [0, 0.1) is 11.3 Å². The van der Waals surface area contributed by atoms with Crippen LogP contribution in [0.2, 0.25) is 0 Å². The topological polar surface area (TPSA) is 54.3 Å². The zero-order chi connectivity index (χ0) is 15.6. The van der Waals surface area contributed by atoms with Crippen molar-refractivity contribution in [1.82, 2.24) is 5.32 Å². The normalized spacial score (nSPS) is 9.57. The molecule has 0 aliphatic carbocycles. The second-order valence-electron chi connectivity index (χ2n) is 4.83. The number of ether oxygens (including phenoxy) is 2. The first kappa shape index (κ1) is 18.8. The highest BCUT2D eigenvalue weighted by atomic mass is 35.5. The molecule has 5 heteroatoms. The van der Waals surface area contributed by atoms with Crippen LogP contribution < -0.4 is 14.8 Å². The monoisotopic (exact) mass is 332 g/mol. The van der Waals surface area contributed by atoms with Crippen LogP contribution in [-0.2, 0) is 13.0 Å². The van der Waals surface area contributed by atoms with E-state index in [0.29, 0.717) is 25.4 Å². The van der Waals surface area contributed by atoms with Crippen molar-refractivity contribution in [2.24, 2.45) is 0 Å². The third kappa shape index (κ3) is 6.19.